The Bertz CT molecular complexity index is 695. The average molecular weight is 275 g/mol. The third-order valence-electron chi connectivity index (χ3n) is 3.64. The van der Waals surface area contributed by atoms with Crippen LogP contribution in [-0.2, 0) is 6.54 Å². The largest absolute Gasteiger partial charge is 0.419 e. The molecule has 1 fully saturated rings. The zero-order chi connectivity index (χ0) is 14.1. The Kier molecular flexibility index (Phi) is 3.31. The van der Waals surface area contributed by atoms with Crippen LogP contribution in [0.5, 0.6) is 0 Å². The Balaban J connectivity index is 1.96. The van der Waals surface area contributed by atoms with Crippen molar-refractivity contribution < 1.29 is 9.21 Å². The first kappa shape index (κ1) is 12.9. The number of fused-ring (bicyclic) bond motifs is 1. The minimum Gasteiger partial charge on any atom is -0.408 e. The predicted molar refractivity (Wildman–Crippen MR) is 74.9 cm³/mol. The van der Waals surface area contributed by atoms with Crippen LogP contribution in [0.15, 0.2) is 27.4 Å². The van der Waals surface area contributed by atoms with Crippen molar-refractivity contribution in [3.63, 3.8) is 0 Å². The summed E-state index contributed by atoms with van der Waals surface area (Å²) in [6.45, 7) is 5.48. The van der Waals surface area contributed by atoms with E-state index in [1.807, 2.05) is 11.8 Å². The molecule has 0 unspecified atom stereocenters. The Morgan fingerprint density at radius 2 is 2.10 bits per heavy atom. The quantitative estimate of drug-likeness (QED) is 0.874. The lowest BCUT2D eigenvalue weighted by molar-refractivity contribution is 0.0736. The highest BCUT2D eigenvalue weighted by Crippen LogP contribution is 2.16. The Hall–Kier alpha value is -2.08. The highest BCUT2D eigenvalue weighted by Gasteiger charge is 2.19. The molecule has 1 amide bonds. The molecule has 2 aromatic rings. The SMILES string of the molecule is CCn1c(=O)oc2cc(C(=O)N3CCNCC3)ccc21. The molecule has 20 heavy (non-hydrogen) atoms. The lowest BCUT2D eigenvalue weighted by Crippen LogP contribution is -2.46. The van der Waals surface area contributed by atoms with Gasteiger partial charge in [0.25, 0.3) is 5.91 Å². The van der Waals surface area contributed by atoms with Gasteiger partial charge in [-0.3, -0.25) is 9.36 Å². The summed E-state index contributed by atoms with van der Waals surface area (Å²) in [7, 11) is 0. The maximum absolute atomic E-state index is 12.4. The number of hydrogen-bond acceptors (Lipinski definition) is 4. The van der Waals surface area contributed by atoms with Crippen molar-refractivity contribution in [2.75, 3.05) is 26.2 Å². The molecule has 0 saturated carbocycles. The van der Waals surface area contributed by atoms with Crippen LogP contribution in [0.4, 0.5) is 0 Å². The maximum Gasteiger partial charge on any atom is 0.419 e. The highest BCUT2D eigenvalue weighted by atomic mass is 16.4. The molecule has 1 aromatic heterocycles. The molecule has 0 aliphatic carbocycles. The molecular weight excluding hydrogens is 258 g/mol. The van der Waals surface area contributed by atoms with E-state index in [0.717, 1.165) is 18.6 Å². The first-order valence-corrected chi connectivity index (χ1v) is 6.84. The molecule has 1 saturated heterocycles. The number of aryl methyl sites for hydroxylation is 1. The smallest absolute Gasteiger partial charge is 0.408 e. The predicted octanol–water partition coefficient (Wildman–Crippen LogP) is 0.660. The van der Waals surface area contributed by atoms with Crippen molar-refractivity contribution in [3.8, 4) is 0 Å². The van der Waals surface area contributed by atoms with Gasteiger partial charge in [-0.15, -0.1) is 0 Å². The van der Waals surface area contributed by atoms with Crippen molar-refractivity contribution in [1.29, 1.82) is 0 Å². The fraction of sp³-hybridized carbons (Fsp3) is 0.429. The van der Waals surface area contributed by atoms with Crippen LogP contribution >= 0.6 is 0 Å². The number of rotatable bonds is 2. The summed E-state index contributed by atoms with van der Waals surface area (Å²) in [5.41, 5.74) is 1.77. The van der Waals surface area contributed by atoms with E-state index in [0.29, 0.717) is 30.8 Å². The van der Waals surface area contributed by atoms with Crippen molar-refractivity contribution in [2.45, 2.75) is 13.5 Å². The van der Waals surface area contributed by atoms with Gasteiger partial charge in [-0.25, -0.2) is 4.79 Å². The standard InChI is InChI=1S/C14H17N3O3/c1-2-17-11-4-3-10(9-12(11)20-14(17)19)13(18)16-7-5-15-6-8-16/h3-4,9,15H,2,5-8H2,1H3. The topological polar surface area (TPSA) is 67.5 Å². The molecule has 0 atom stereocenters. The lowest BCUT2D eigenvalue weighted by Gasteiger charge is -2.27. The second-order valence-corrected chi connectivity index (χ2v) is 4.84. The molecule has 1 aliphatic rings. The van der Waals surface area contributed by atoms with Crippen LogP contribution in [0.1, 0.15) is 17.3 Å². The maximum atomic E-state index is 12.4. The van der Waals surface area contributed by atoms with E-state index in [9.17, 15) is 9.59 Å². The van der Waals surface area contributed by atoms with Crippen LogP contribution in [0.2, 0.25) is 0 Å². The second kappa shape index (κ2) is 5.13. The van der Waals surface area contributed by atoms with Crippen LogP contribution < -0.4 is 11.1 Å². The van der Waals surface area contributed by atoms with Crippen LogP contribution in [0.3, 0.4) is 0 Å². The summed E-state index contributed by atoms with van der Waals surface area (Å²) >= 11 is 0. The van der Waals surface area contributed by atoms with Crippen LogP contribution in [0, 0.1) is 0 Å². The number of benzene rings is 1. The molecule has 6 heteroatoms. The van der Waals surface area contributed by atoms with E-state index in [-0.39, 0.29) is 11.7 Å². The third-order valence-corrected chi connectivity index (χ3v) is 3.64. The van der Waals surface area contributed by atoms with Crippen molar-refractivity contribution in [3.05, 3.63) is 34.3 Å². The Labute approximate surface area is 116 Å². The number of carbonyl (C=O) groups excluding carboxylic acids is 1. The molecule has 0 spiro atoms. The van der Waals surface area contributed by atoms with Gasteiger partial charge in [-0.2, -0.15) is 0 Å². The van der Waals surface area contributed by atoms with Crippen LogP contribution in [-0.4, -0.2) is 41.6 Å². The fourth-order valence-electron chi connectivity index (χ4n) is 2.55. The summed E-state index contributed by atoms with van der Waals surface area (Å²) in [4.78, 5) is 25.8. The zero-order valence-electron chi connectivity index (χ0n) is 11.4. The Morgan fingerprint density at radius 3 is 2.80 bits per heavy atom. The van der Waals surface area contributed by atoms with E-state index in [1.165, 1.54) is 0 Å². The second-order valence-electron chi connectivity index (χ2n) is 4.84. The number of nitrogens with one attached hydrogen (secondary N) is 1. The van der Waals surface area contributed by atoms with E-state index in [4.69, 9.17) is 4.42 Å². The van der Waals surface area contributed by atoms with Crippen molar-refractivity contribution >= 4 is 17.0 Å². The van der Waals surface area contributed by atoms with E-state index in [2.05, 4.69) is 5.32 Å². The molecule has 3 rings (SSSR count). The number of oxazole rings is 1. The average Bonchev–Trinajstić information content (AvgIpc) is 2.81. The van der Waals surface area contributed by atoms with Crippen molar-refractivity contribution in [2.24, 2.45) is 0 Å². The molecule has 6 nitrogen and oxygen atoms in total. The Morgan fingerprint density at radius 1 is 1.35 bits per heavy atom. The normalized spacial score (nSPS) is 15.8. The van der Waals surface area contributed by atoms with Crippen molar-refractivity contribution in [1.82, 2.24) is 14.8 Å². The monoisotopic (exact) mass is 275 g/mol. The summed E-state index contributed by atoms with van der Waals surface area (Å²) in [5, 5.41) is 3.21. The number of carbonyl (C=O) groups is 1. The molecule has 0 radical (unpaired) electrons. The van der Waals surface area contributed by atoms with Gasteiger partial charge in [0.2, 0.25) is 0 Å². The number of nitrogens with zero attached hydrogens (tertiary/aromatic N) is 2. The van der Waals surface area contributed by atoms with Gasteiger partial charge in [0.05, 0.1) is 5.52 Å². The molecule has 1 aromatic carbocycles. The highest BCUT2D eigenvalue weighted by molar-refractivity contribution is 5.97. The summed E-state index contributed by atoms with van der Waals surface area (Å²) in [6.07, 6.45) is 0. The molecule has 0 bridgehead atoms. The molecule has 1 N–H and O–H groups in total. The molecule has 1 aliphatic heterocycles. The first-order chi connectivity index (χ1) is 9.70. The minimum atomic E-state index is -0.380. The lowest BCUT2D eigenvalue weighted by atomic mass is 10.1. The van der Waals surface area contributed by atoms with Gasteiger partial charge in [-0.05, 0) is 25.1 Å². The zero-order valence-corrected chi connectivity index (χ0v) is 11.4. The summed E-state index contributed by atoms with van der Waals surface area (Å²) in [5.74, 6) is -0.394. The summed E-state index contributed by atoms with van der Waals surface area (Å²) in [6, 6.07) is 5.19. The number of piperazine rings is 1. The summed E-state index contributed by atoms with van der Waals surface area (Å²) < 4.78 is 6.74. The van der Waals surface area contributed by atoms with Gasteiger partial charge in [0.1, 0.15) is 0 Å². The third kappa shape index (κ3) is 2.12. The van der Waals surface area contributed by atoms with E-state index < -0.39 is 0 Å². The molecule has 106 valence electrons. The van der Waals surface area contributed by atoms with Gasteiger partial charge in [0.15, 0.2) is 5.58 Å². The number of amides is 1. The van der Waals surface area contributed by atoms with Gasteiger partial charge in [0, 0.05) is 38.3 Å². The number of hydrogen-bond donors (Lipinski definition) is 1. The van der Waals surface area contributed by atoms with Gasteiger partial charge in [-0.1, -0.05) is 0 Å². The van der Waals surface area contributed by atoms with Gasteiger partial charge < -0.3 is 14.6 Å². The molecule has 2 heterocycles. The molecular formula is C14H17N3O3. The van der Waals surface area contributed by atoms with Crippen LogP contribution in [0.25, 0.3) is 11.1 Å². The fourth-order valence-corrected chi connectivity index (χ4v) is 2.55. The number of aromatic nitrogens is 1. The first-order valence-electron chi connectivity index (χ1n) is 6.84. The van der Waals surface area contributed by atoms with E-state index in [1.54, 1.807) is 22.8 Å². The van der Waals surface area contributed by atoms with Gasteiger partial charge >= 0.3 is 5.76 Å². The van der Waals surface area contributed by atoms with E-state index >= 15 is 0 Å². The minimum absolute atomic E-state index is 0.0136.